The summed E-state index contributed by atoms with van der Waals surface area (Å²) in [5.41, 5.74) is 0.108. The molecule has 0 radical (unpaired) electrons. The van der Waals surface area contributed by atoms with Crippen molar-refractivity contribution < 1.29 is 19.0 Å². The molecule has 1 aliphatic carbocycles. The van der Waals surface area contributed by atoms with Gasteiger partial charge in [0.25, 0.3) is 0 Å². The van der Waals surface area contributed by atoms with Gasteiger partial charge < -0.3 is 14.2 Å². The van der Waals surface area contributed by atoms with E-state index in [9.17, 15) is 4.79 Å². The van der Waals surface area contributed by atoms with Gasteiger partial charge in [0, 0.05) is 0 Å². The zero-order chi connectivity index (χ0) is 18.1. The average Bonchev–Trinajstić information content (AvgIpc) is 2.86. The van der Waals surface area contributed by atoms with Gasteiger partial charge in [0.15, 0.2) is 0 Å². The number of carbonyl (C=O) groups is 1. The standard InChI is InChI=1S/C20H29NO4/c1-15(16-8-10-17(23-4)11-9-16)25-18(22)21-19(2,3)14-24-20(21)12-6-5-7-13-20/h8-11,15H,5-7,12-14H2,1-4H3/t15-/m1/s1. The molecule has 1 atom stereocenters. The molecule has 0 aromatic heterocycles. The van der Waals surface area contributed by atoms with Crippen LogP contribution in [0.2, 0.25) is 0 Å². The second-order valence-electron chi connectivity index (χ2n) is 7.74. The molecule has 1 aromatic rings. The summed E-state index contributed by atoms with van der Waals surface area (Å²) in [7, 11) is 1.64. The first-order chi connectivity index (χ1) is 11.9. The zero-order valence-electron chi connectivity index (χ0n) is 15.7. The van der Waals surface area contributed by atoms with Crippen LogP contribution in [-0.2, 0) is 9.47 Å². The van der Waals surface area contributed by atoms with Crippen LogP contribution in [0.4, 0.5) is 4.79 Å². The van der Waals surface area contributed by atoms with Gasteiger partial charge in [-0.15, -0.1) is 0 Å². The maximum atomic E-state index is 13.0. The Morgan fingerprint density at radius 2 is 1.80 bits per heavy atom. The highest BCUT2D eigenvalue weighted by Gasteiger charge is 2.55. The number of ether oxygens (including phenoxy) is 3. The number of rotatable bonds is 3. The number of carbonyl (C=O) groups excluding carboxylic acids is 1. The largest absolute Gasteiger partial charge is 0.497 e. The van der Waals surface area contributed by atoms with Crippen molar-refractivity contribution in [2.75, 3.05) is 13.7 Å². The first-order valence-electron chi connectivity index (χ1n) is 9.17. The van der Waals surface area contributed by atoms with Gasteiger partial charge in [-0.3, -0.25) is 4.90 Å². The van der Waals surface area contributed by atoms with Crippen LogP contribution in [0.15, 0.2) is 24.3 Å². The minimum absolute atomic E-state index is 0.285. The van der Waals surface area contributed by atoms with Gasteiger partial charge >= 0.3 is 6.09 Å². The minimum atomic E-state index is -0.488. The van der Waals surface area contributed by atoms with Gasteiger partial charge in [-0.25, -0.2) is 4.79 Å². The Kier molecular flexibility index (Phi) is 4.96. The van der Waals surface area contributed by atoms with Crippen LogP contribution in [0, 0.1) is 0 Å². The molecule has 2 fully saturated rings. The van der Waals surface area contributed by atoms with E-state index >= 15 is 0 Å². The van der Waals surface area contributed by atoms with Crippen molar-refractivity contribution >= 4 is 6.09 Å². The normalized spacial score (nSPS) is 22.6. The molecular weight excluding hydrogens is 318 g/mol. The van der Waals surface area contributed by atoms with Gasteiger partial charge in [0.1, 0.15) is 17.6 Å². The van der Waals surface area contributed by atoms with Crippen molar-refractivity contribution in [3.8, 4) is 5.75 Å². The van der Waals surface area contributed by atoms with Crippen molar-refractivity contribution in [2.24, 2.45) is 0 Å². The minimum Gasteiger partial charge on any atom is -0.497 e. The Morgan fingerprint density at radius 3 is 2.40 bits per heavy atom. The zero-order valence-corrected chi connectivity index (χ0v) is 15.7. The summed E-state index contributed by atoms with van der Waals surface area (Å²) in [6.07, 6.45) is 4.56. The molecule has 1 saturated heterocycles. The smallest absolute Gasteiger partial charge is 0.413 e. The lowest BCUT2D eigenvalue weighted by Gasteiger charge is -2.43. The third-order valence-corrected chi connectivity index (χ3v) is 5.39. The first kappa shape index (κ1) is 18.1. The Labute approximate surface area is 150 Å². The van der Waals surface area contributed by atoms with E-state index in [-0.39, 0.29) is 17.7 Å². The molecule has 2 aliphatic rings. The van der Waals surface area contributed by atoms with Crippen LogP contribution in [0.1, 0.15) is 64.5 Å². The van der Waals surface area contributed by atoms with Crippen molar-refractivity contribution in [3.63, 3.8) is 0 Å². The molecule has 1 heterocycles. The van der Waals surface area contributed by atoms with Gasteiger partial charge in [0.2, 0.25) is 0 Å². The summed E-state index contributed by atoms with van der Waals surface area (Å²) in [6.45, 7) is 6.56. The molecule has 1 aliphatic heterocycles. The SMILES string of the molecule is COc1ccc([C@@H](C)OC(=O)N2C(C)(C)COC23CCCCC3)cc1. The Bertz CT molecular complexity index is 605. The lowest BCUT2D eigenvalue weighted by atomic mass is 9.89. The number of hydrogen-bond donors (Lipinski definition) is 0. The fourth-order valence-electron chi connectivity index (χ4n) is 4.02. The molecule has 138 valence electrons. The maximum Gasteiger partial charge on any atom is 0.413 e. The third-order valence-electron chi connectivity index (χ3n) is 5.39. The summed E-state index contributed by atoms with van der Waals surface area (Å²) in [5.74, 6) is 0.789. The first-order valence-corrected chi connectivity index (χ1v) is 9.17. The number of nitrogens with zero attached hydrogens (tertiary/aromatic N) is 1. The summed E-state index contributed by atoms with van der Waals surface area (Å²) >= 11 is 0. The molecule has 5 nitrogen and oxygen atoms in total. The summed E-state index contributed by atoms with van der Waals surface area (Å²) < 4.78 is 17.2. The quantitative estimate of drug-likeness (QED) is 0.797. The van der Waals surface area contributed by atoms with E-state index in [2.05, 4.69) is 13.8 Å². The Balaban J connectivity index is 1.75. The summed E-state index contributed by atoms with van der Waals surface area (Å²) in [4.78, 5) is 14.9. The predicted molar refractivity (Wildman–Crippen MR) is 95.6 cm³/mol. The van der Waals surface area contributed by atoms with Crippen molar-refractivity contribution in [1.29, 1.82) is 0 Å². The van der Waals surface area contributed by atoms with E-state index < -0.39 is 5.72 Å². The van der Waals surface area contributed by atoms with Crippen LogP contribution < -0.4 is 4.74 Å². The molecular formula is C20H29NO4. The van der Waals surface area contributed by atoms with Gasteiger partial charge in [0.05, 0.1) is 19.3 Å². The molecule has 5 heteroatoms. The van der Waals surface area contributed by atoms with Gasteiger partial charge in [-0.1, -0.05) is 18.6 Å². The topological polar surface area (TPSA) is 48.0 Å². The molecule has 3 rings (SSSR count). The average molecular weight is 347 g/mol. The van der Waals surface area contributed by atoms with E-state index in [0.29, 0.717) is 6.61 Å². The molecule has 1 amide bonds. The van der Waals surface area contributed by atoms with Crippen molar-refractivity contribution in [3.05, 3.63) is 29.8 Å². The summed E-state index contributed by atoms with van der Waals surface area (Å²) in [6, 6.07) is 7.62. The molecule has 1 aromatic carbocycles. The molecule has 25 heavy (non-hydrogen) atoms. The number of methoxy groups -OCH3 is 1. The fourth-order valence-corrected chi connectivity index (χ4v) is 4.02. The third kappa shape index (κ3) is 3.47. The highest BCUT2D eigenvalue weighted by molar-refractivity contribution is 5.70. The highest BCUT2D eigenvalue weighted by Crippen LogP contribution is 2.45. The Morgan fingerprint density at radius 1 is 1.16 bits per heavy atom. The van der Waals surface area contributed by atoms with Crippen LogP contribution in [-0.4, -0.2) is 36.0 Å². The summed E-state index contributed by atoms with van der Waals surface area (Å²) in [5, 5.41) is 0. The van der Waals surface area contributed by atoms with Crippen molar-refractivity contribution in [2.45, 2.75) is 70.2 Å². The molecule has 0 unspecified atom stereocenters. The van der Waals surface area contributed by atoms with E-state index in [1.807, 2.05) is 36.1 Å². The monoisotopic (exact) mass is 347 g/mol. The second kappa shape index (κ2) is 6.87. The molecule has 0 N–H and O–H groups in total. The predicted octanol–water partition coefficient (Wildman–Crippen LogP) is 4.66. The Hall–Kier alpha value is -1.75. The highest BCUT2D eigenvalue weighted by atomic mass is 16.6. The lowest BCUT2D eigenvalue weighted by Crippen LogP contribution is -2.56. The van der Waals surface area contributed by atoms with Crippen LogP contribution in [0.25, 0.3) is 0 Å². The molecule has 0 bridgehead atoms. The lowest BCUT2D eigenvalue weighted by molar-refractivity contribution is -0.107. The van der Waals surface area contributed by atoms with Crippen LogP contribution >= 0.6 is 0 Å². The van der Waals surface area contributed by atoms with E-state index in [4.69, 9.17) is 14.2 Å². The maximum absolute atomic E-state index is 13.0. The fraction of sp³-hybridized carbons (Fsp3) is 0.650. The second-order valence-corrected chi connectivity index (χ2v) is 7.74. The molecule has 1 spiro atoms. The van der Waals surface area contributed by atoms with Crippen LogP contribution in [0.5, 0.6) is 5.75 Å². The number of amides is 1. The van der Waals surface area contributed by atoms with E-state index in [0.717, 1.165) is 37.0 Å². The molecule has 1 saturated carbocycles. The van der Waals surface area contributed by atoms with Crippen LogP contribution in [0.3, 0.4) is 0 Å². The van der Waals surface area contributed by atoms with E-state index in [1.165, 1.54) is 6.42 Å². The number of hydrogen-bond acceptors (Lipinski definition) is 4. The van der Waals surface area contributed by atoms with Gasteiger partial charge in [-0.2, -0.15) is 0 Å². The van der Waals surface area contributed by atoms with Gasteiger partial charge in [-0.05, 0) is 64.2 Å². The van der Waals surface area contributed by atoms with Crippen molar-refractivity contribution in [1.82, 2.24) is 4.90 Å². The van der Waals surface area contributed by atoms with E-state index in [1.54, 1.807) is 7.11 Å². The number of benzene rings is 1.